The zero-order valence-corrected chi connectivity index (χ0v) is 10.5. The fourth-order valence-electron chi connectivity index (χ4n) is 1.35. The van der Waals surface area contributed by atoms with E-state index in [-0.39, 0.29) is 6.42 Å². The lowest BCUT2D eigenvalue weighted by molar-refractivity contribution is -0.137. The zero-order chi connectivity index (χ0) is 11.6. The van der Waals surface area contributed by atoms with Crippen LogP contribution in [0.3, 0.4) is 0 Å². The van der Waals surface area contributed by atoms with Gasteiger partial charge in [-0.05, 0) is 30.2 Å². The lowest BCUT2D eigenvalue weighted by atomic mass is 10.00. The Kier molecular flexibility index (Phi) is 4.13. The van der Waals surface area contributed by atoms with Crippen LogP contribution in [0.1, 0.15) is 23.6 Å². The highest BCUT2D eigenvalue weighted by atomic mass is 79.9. The maximum Gasteiger partial charge on any atom is 0.305 e. The van der Waals surface area contributed by atoms with Gasteiger partial charge in [0.15, 0.2) is 0 Å². The quantitative estimate of drug-likeness (QED) is 0.900. The van der Waals surface area contributed by atoms with E-state index in [9.17, 15) is 4.79 Å². The van der Waals surface area contributed by atoms with Gasteiger partial charge in [0.05, 0.1) is 6.42 Å². The number of carboxylic acids is 1. The molecule has 15 heavy (non-hydrogen) atoms. The van der Waals surface area contributed by atoms with Crippen LogP contribution in [0.4, 0.5) is 0 Å². The van der Waals surface area contributed by atoms with Crippen LogP contribution in [0.25, 0.3) is 0 Å². The van der Waals surface area contributed by atoms with Crippen molar-refractivity contribution in [1.29, 1.82) is 0 Å². The lowest BCUT2D eigenvalue weighted by Crippen LogP contribution is -2.16. The number of halogens is 2. The fourth-order valence-corrected chi connectivity index (χ4v) is 2.18. The minimum absolute atomic E-state index is 0.104. The van der Waals surface area contributed by atoms with Gasteiger partial charge in [0.1, 0.15) is 0 Å². The van der Waals surface area contributed by atoms with Crippen molar-refractivity contribution in [3.05, 3.63) is 32.8 Å². The molecule has 1 aromatic rings. The monoisotopic (exact) mass is 291 g/mol. The lowest BCUT2D eigenvalue weighted by Gasteiger charge is -2.14. The Morgan fingerprint density at radius 1 is 1.67 bits per heavy atom. The van der Waals surface area contributed by atoms with Gasteiger partial charge in [-0.3, -0.25) is 4.79 Å². The second-order valence-corrected chi connectivity index (χ2v) is 4.63. The van der Waals surface area contributed by atoms with E-state index in [0.717, 1.165) is 15.6 Å². The van der Waals surface area contributed by atoms with Gasteiger partial charge >= 0.3 is 5.97 Å². The minimum Gasteiger partial charge on any atom is -0.481 e. The van der Waals surface area contributed by atoms with Crippen LogP contribution in [0.15, 0.2) is 16.6 Å². The summed E-state index contributed by atoms with van der Waals surface area (Å²) in [5, 5.41) is 9.23. The molecule has 0 radical (unpaired) electrons. The van der Waals surface area contributed by atoms with Gasteiger partial charge < -0.3 is 10.8 Å². The third kappa shape index (κ3) is 3.19. The van der Waals surface area contributed by atoms with Gasteiger partial charge in [0.25, 0.3) is 0 Å². The van der Waals surface area contributed by atoms with Crippen molar-refractivity contribution in [2.45, 2.75) is 19.4 Å². The van der Waals surface area contributed by atoms with Crippen molar-refractivity contribution >= 4 is 33.5 Å². The molecule has 5 heteroatoms. The minimum atomic E-state index is -0.919. The predicted molar refractivity (Wildman–Crippen MR) is 63.1 cm³/mol. The van der Waals surface area contributed by atoms with E-state index in [0.29, 0.717) is 5.02 Å². The predicted octanol–water partition coefficient (Wildman–Crippen LogP) is 2.89. The Labute approximate surface area is 101 Å². The van der Waals surface area contributed by atoms with E-state index in [1.165, 1.54) is 0 Å². The van der Waals surface area contributed by atoms with E-state index in [1.807, 2.05) is 6.92 Å². The van der Waals surface area contributed by atoms with Crippen LogP contribution in [-0.4, -0.2) is 11.1 Å². The summed E-state index contributed by atoms with van der Waals surface area (Å²) in [5.74, 6) is -0.919. The molecule has 3 nitrogen and oxygen atoms in total. The Morgan fingerprint density at radius 2 is 2.27 bits per heavy atom. The maximum absolute atomic E-state index is 10.5. The van der Waals surface area contributed by atoms with E-state index >= 15 is 0 Å². The molecule has 0 aromatic heterocycles. The largest absolute Gasteiger partial charge is 0.481 e. The molecule has 0 bridgehead atoms. The van der Waals surface area contributed by atoms with Crippen LogP contribution in [0, 0.1) is 6.92 Å². The molecule has 82 valence electrons. The third-order valence-electron chi connectivity index (χ3n) is 2.14. The molecule has 0 saturated carbocycles. The number of nitrogens with two attached hydrogens (primary N) is 1. The number of aliphatic carboxylic acids is 1. The standard InChI is InChI=1S/C10H11BrClNO2/c1-5-7(9(13)4-10(14)15)2-6(11)3-8(5)12/h2-3,9H,4,13H2,1H3,(H,14,15). The first kappa shape index (κ1) is 12.5. The second-order valence-electron chi connectivity index (χ2n) is 3.31. The molecule has 0 amide bonds. The van der Waals surface area contributed by atoms with Crippen molar-refractivity contribution < 1.29 is 9.90 Å². The smallest absolute Gasteiger partial charge is 0.305 e. The summed E-state index contributed by atoms with van der Waals surface area (Å²) in [7, 11) is 0. The summed E-state index contributed by atoms with van der Waals surface area (Å²) >= 11 is 9.26. The number of hydrogen-bond acceptors (Lipinski definition) is 2. The molecule has 0 aliphatic heterocycles. The van der Waals surface area contributed by atoms with Crippen LogP contribution in [-0.2, 0) is 4.79 Å². The van der Waals surface area contributed by atoms with Crippen molar-refractivity contribution in [2.75, 3.05) is 0 Å². The first-order chi connectivity index (χ1) is 6.91. The third-order valence-corrected chi connectivity index (χ3v) is 2.99. The molecular weight excluding hydrogens is 281 g/mol. The zero-order valence-electron chi connectivity index (χ0n) is 8.13. The molecule has 1 rings (SSSR count). The molecule has 0 spiro atoms. The van der Waals surface area contributed by atoms with E-state index < -0.39 is 12.0 Å². The SMILES string of the molecule is Cc1c(Cl)cc(Br)cc1C(N)CC(=O)O. The number of rotatable bonds is 3. The number of benzene rings is 1. The summed E-state index contributed by atoms with van der Waals surface area (Å²) in [4.78, 5) is 10.5. The summed E-state index contributed by atoms with van der Waals surface area (Å²) in [6.07, 6.45) is -0.104. The molecule has 0 heterocycles. The second kappa shape index (κ2) is 4.96. The van der Waals surface area contributed by atoms with Crippen LogP contribution < -0.4 is 5.73 Å². The molecule has 0 aliphatic carbocycles. The van der Waals surface area contributed by atoms with Gasteiger partial charge in [-0.2, -0.15) is 0 Å². The van der Waals surface area contributed by atoms with Crippen molar-refractivity contribution in [3.8, 4) is 0 Å². The van der Waals surface area contributed by atoms with Crippen LogP contribution >= 0.6 is 27.5 Å². The summed E-state index contributed by atoms with van der Waals surface area (Å²) in [6, 6.07) is 3.03. The molecule has 1 aromatic carbocycles. The normalized spacial score (nSPS) is 12.5. The highest BCUT2D eigenvalue weighted by molar-refractivity contribution is 9.10. The fraction of sp³-hybridized carbons (Fsp3) is 0.300. The first-order valence-electron chi connectivity index (χ1n) is 4.34. The van der Waals surface area contributed by atoms with Crippen LogP contribution in [0.2, 0.25) is 5.02 Å². The molecule has 0 saturated heterocycles. The van der Waals surface area contributed by atoms with Gasteiger partial charge in [-0.15, -0.1) is 0 Å². The average Bonchev–Trinajstić information content (AvgIpc) is 2.09. The van der Waals surface area contributed by atoms with Gasteiger partial charge in [-0.25, -0.2) is 0 Å². The van der Waals surface area contributed by atoms with Crippen molar-refractivity contribution in [3.63, 3.8) is 0 Å². The Hall–Kier alpha value is -0.580. The molecular formula is C10H11BrClNO2. The average molecular weight is 293 g/mol. The number of hydrogen-bond donors (Lipinski definition) is 2. The molecule has 3 N–H and O–H groups in total. The van der Waals surface area contributed by atoms with Gasteiger partial charge in [0, 0.05) is 15.5 Å². The maximum atomic E-state index is 10.5. The Bertz CT molecular complexity index is 395. The highest BCUT2D eigenvalue weighted by Crippen LogP contribution is 2.29. The molecule has 0 fully saturated rings. The van der Waals surface area contributed by atoms with Crippen molar-refractivity contribution in [1.82, 2.24) is 0 Å². The topological polar surface area (TPSA) is 63.3 Å². The van der Waals surface area contributed by atoms with E-state index in [2.05, 4.69) is 15.9 Å². The van der Waals surface area contributed by atoms with Crippen LogP contribution in [0.5, 0.6) is 0 Å². The summed E-state index contributed by atoms with van der Waals surface area (Å²) in [6.45, 7) is 1.83. The van der Waals surface area contributed by atoms with Gasteiger partial charge in [0.2, 0.25) is 0 Å². The van der Waals surface area contributed by atoms with Crippen molar-refractivity contribution in [2.24, 2.45) is 5.73 Å². The highest BCUT2D eigenvalue weighted by Gasteiger charge is 2.15. The molecule has 1 unspecified atom stereocenters. The summed E-state index contributed by atoms with van der Waals surface area (Å²) in [5.41, 5.74) is 7.36. The van der Waals surface area contributed by atoms with Gasteiger partial charge in [-0.1, -0.05) is 27.5 Å². The molecule has 1 atom stereocenters. The molecule has 0 aliphatic rings. The number of carbonyl (C=O) groups is 1. The number of carboxylic acid groups (broad SMARTS) is 1. The first-order valence-corrected chi connectivity index (χ1v) is 5.52. The Morgan fingerprint density at radius 3 is 2.80 bits per heavy atom. The van der Waals surface area contributed by atoms with E-state index in [1.54, 1.807) is 12.1 Å². The Balaban J connectivity index is 3.07. The summed E-state index contributed by atoms with van der Waals surface area (Å²) < 4.78 is 0.800. The van der Waals surface area contributed by atoms with E-state index in [4.69, 9.17) is 22.4 Å².